The number of ether oxygens (including phenoxy) is 1. The smallest absolute Gasteiger partial charge is 0.410 e. The van der Waals surface area contributed by atoms with E-state index in [1.165, 1.54) is 5.41 Å². The van der Waals surface area contributed by atoms with Crippen molar-refractivity contribution in [2.24, 2.45) is 0 Å². The molecule has 0 radical (unpaired) electrons. The van der Waals surface area contributed by atoms with Crippen LogP contribution in [-0.4, -0.2) is 37.6 Å². The third-order valence-electron chi connectivity index (χ3n) is 3.48. The monoisotopic (exact) mass is 337 g/mol. The molecule has 1 amide bonds. The second-order valence-corrected chi connectivity index (χ2v) is 8.40. The van der Waals surface area contributed by atoms with Crippen molar-refractivity contribution in [3.05, 3.63) is 41.8 Å². The van der Waals surface area contributed by atoms with Gasteiger partial charge in [0.1, 0.15) is 5.60 Å². The van der Waals surface area contributed by atoms with Gasteiger partial charge in [0.15, 0.2) is 9.84 Å². The van der Waals surface area contributed by atoms with Crippen molar-refractivity contribution in [1.29, 1.82) is 0 Å². The van der Waals surface area contributed by atoms with Crippen molar-refractivity contribution in [1.82, 2.24) is 4.90 Å². The number of carbonyl (C=O) groups excluding carboxylic acids is 1. The molecule has 0 aliphatic carbocycles. The van der Waals surface area contributed by atoms with Gasteiger partial charge in [0, 0.05) is 12.0 Å². The van der Waals surface area contributed by atoms with Crippen LogP contribution < -0.4 is 0 Å². The van der Waals surface area contributed by atoms with Gasteiger partial charge in [-0.1, -0.05) is 24.3 Å². The summed E-state index contributed by atoms with van der Waals surface area (Å²) in [6.45, 7) is 6.01. The van der Waals surface area contributed by atoms with E-state index in [0.717, 1.165) is 12.8 Å². The number of nitrogens with zero attached hydrogens (tertiary/aromatic N) is 1. The number of benzene rings is 1. The number of rotatable bonds is 3. The highest BCUT2D eigenvalue weighted by Crippen LogP contribution is 2.22. The highest BCUT2D eigenvalue weighted by atomic mass is 32.2. The summed E-state index contributed by atoms with van der Waals surface area (Å²) < 4.78 is 29.9. The van der Waals surface area contributed by atoms with E-state index in [9.17, 15) is 13.2 Å². The molecule has 0 N–H and O–H groups in total. The normalized spacial score (nSPS) is 19.3. The maximum absolute atomic E-state index is 12.3. The summed E-state index contributed by atoms with van der Waals surface area (Å²) in [6, 6.07) is 8.00. The number of likely N-dealkylation sites (tertiary alicyclic amines) is 1. The van der Waals surface area contributed by atoms with E-state index >= 15 is 0 Å². The Labute approximate surface area is 137 Å². The summed E-state index contributed by atoms with van der Waals surface area (Å²) in [5.41, 5.74) is -0.565. The number of amides is 1. The van der Waals surface area contributed by atoms with Gasteiger partial charge < -0.3 is 9.64 Å². The Morgan fingerprint density at radius 2 is 1.91 bits per heavy atom. The molecule has 1 aromatic carbocycles. The van der Waals surface area contributed by atoms with Gasteiger partial charge in [0.2, 0.25) is 0 Å². The van der Waals surface area contributed by atoms with Gasteiger partial charge in [-0.3, -0.25) is 0 Å². The second kappa shape index (κ2) is 6.74. The summed E-state index contributed by atoms with van der Waals surface area (Å²) in [4.78, 5) is 14.0. The highest BCUT2D eigenvalue weighted by Gasteiger charge is 2.31. The Kier molecular flexibility index (Phi) is 5.14. The van der Waals surface area contributed by atoms with E-state index in [-0.39, 0.29) is 10.9 Å². The standard InChI is InChI=1S/C17H23NO4S/c1-17(2,3)22-16(19)18-12-7-8-14(18)11-13-23(20,21)15-9-5-4-6-10-15/h4-6,9-11,13-14H,7-8,12H2,1-3H3/b13-11+/t14-/m0/s1. The Morgan fingerprint density at radius 3 is 2.52 bits per heavy atom. The zero-order valence-electron chi connectivity index (χ0n) is 13.7. The van der Waals surface area contributed by atoms with Gasteiger partial charge in [0.05, 0.1) is 10.9 Å². The first-order valence-electron chi connectivity index (χ1n) is 7.67. The van der Waals surface area contributed by atoms with Gasteiger partial charge in [-0.05, 0) is 45.7 Å². The molecule has 0 bridgehead atoms. The first-order chi connectivity index (χ1) is 10.7. The van der Waals surface area contributed by atoms with Crippen LogP contribution in [0.2, 0.25) is 0 Å². The fraction of sp³-hybridized carbons (Fsp3) is 0.471. The molecule has 0 aromatic heterocycles. The number of carbonyl (C=O) groups is 1. The number of hydrogen-bond acceptors (Lipinski definition) is 4. The van der Waals surface area contributed by atoms with Crippen molar-refractivity contribution in [3.63, 3.8) is 0 Å². The lowest BCUT2D eigenvalue weighted by atomic mass is 10.2. The fourth-order valence-corrected chi connectivity index (χ4v) is 3.50. The summed E-state index contributed by atoms with van der Waals surface area (Å²) in [5, 5.41) is 1.19. The maximum Gasteiger partial charge on any atom is 0.410 e. The summed E-state index contributed by atoms with van der Waals surface area (Å²) in [5.74, 6) is 0. The molecule has 6 heteroatoms. The van der Waals surface area contributed by atoms with Crippen molar-refractivity contribution in [3.8, 4) is 0 Å². The minimum absolute atomic E-state index is 0.247. The van der Waals surface area contributed by atoms with Crippen LogP contribution in [0.25, 0.3) is 0 Å². The average Bonchev–Trinajstić information content (AvgIpc) is 2.93. The minimum Gasteiger partial charge on any atom is -0.444 e. The zero-order chi connectivity index (χ0) is 17.1. The molecular weight excluding hydrogens is 314 g/mol. The maximum atomic E-state index is 12.3. The van der Waals surface area contributed by atoms with Crippen LogP contribution in [0.3, 0.4) is 0 Å². The van der Waals surface area contributed by atoms with Crippen LogP contribution in [0, 0.1) is 0 Å². The highest BCUT2D eigenvalue weighted by molar-refractivity contribution is 7.94. The first-order valence-corrected chi connectivity index (χ1v) is 9.22. The second-order valence-electron chi connectivity index (χ2n) is 6.57. The van der Waals surface area contributed by atoms with E-state index in [0.29, 0.717) is 6.54 Å². The van der Waals surface area contributed by atoms with Crippen LogP contribution in [0.1, 0.15) is 33.6 Å². The predicted molar refractivity (Wildman–Crippen MR) is 88.7 cm³/mol. The third-order valence-corrected chi connectivity index (χ3v) is 4.92. The average molecular weight is 337 g/mol. The number of hydrogen-bond donors (Lipinski definition) is 0. The van der Waals surface area contributed by atoms with E-state index in [1.54, 1.807) is 41.3 Å². The minimum atomic E-state index is -3.49. The molecule has 1 heterocycles. The molecule has 0 saturated carbocycles. The van der Waals surface area contributed by atoms with Crippen LogP contribution in [0.5, 0.6) is 0 Å². The summed E-state index contributed by atoms with van der Waals surface area (Å²) in [7, 11) is -3.49. The molecule has 23 heavy (non-hydrogen) atoms. The molecule has 1 atom stereocenters. The van der Waals surface area contributed by atoms with Gasteiger partial charge >= 0.3 is 6.09 Å². The third kappa shape index (κ3) is 4.82. The molecule has 126 valence electrons. The SMILES string of the molecule is CC(C)(C)OC(=O)N1CCC[C@H]1/C=C/S(=O)(=O)c1ccccc1. The lowest BCUT2D eigenvalue weighted by molar-refractivity contribution is 0.0256. The van der Waals surface area contributed by atoms with E-state index < -0.39 is 21.5 Å². The lowest BCUT2D eigenvalue weighted by Gasteiger charge is -2.27. The van der Waals surface area contributed by atoms with E-state index in [4.69, 9.17) is 4.74 Å². The Balaban J connectivity index is 2.11. The Hall–Kier alpha value is -1.82. The van der Waals surface area contributed by atoms with Gasteiger partial charge in [-0.15, -0.1) is 0 Å². The summed E-state index contributed by atoms with van der Waals surface area (Å²) >= 11 is 0. The Morgan fingerprint density at radius 1 is 1.26 bits per heavy atom. The molecule has 1 aliphatic rings. The molecule has 1 saturated heterocycles. The van der Waals surface area contributed by atoms with E-state index in [2.05, 4.69) is 0 Å². The molecule has 0 spiro atoms. The van der Waals surface area contributed by atoms with Crippen molar-refractivity contribution in [2.45, 2.75) is 50.2 Å². The Bertz CT molecular complexity index is 674. The molecular formula is C17H23NO4S. The molecule has 0 unspecified atom stereocenters. The lowest BCUT2D eigenvalue weighted by Crippen LogP contribution is -2.39. The first kappa shape index (κ1) is 17.5. The van der Waals surface area contributed by atoms with Crippen molar-refractivity contribution >= 4 is 15.9 Å². The van der Waals surface area contributed by atoms with Gasteiger partial charge in [-0.2, -0.15) is 0 Å². The fourth-order valence-electron chi connectivity index (χ4n) is 2.42. The van der Waals surface area contributed by atoms with Crippen LogP contribution in [0.15, 0.2) is 46.7 Å². The quantitative estimate of drug-likeness (QED) is 0.848. The van der Waals surface area contributed by atoms with Crippen molar-refractivity contribution < 1.29 is 17.9 Å². The molecule has 1 aromatic rings. The van der Waals surface area contributed by atoms with Crippen molar-refractivity contribution in [2.75, 3.05) is 6.54 Å². The zero-order valence-corrected chi connectivity index (χ0v) is 14.5. The summed E-state index contributed by atoms with van der Waals surface area (Å²) in [6.07, 6.45) is 2.75. The van der Waals surface area contributed by atoms with Gasteiger partial charge in [-0.25, -0.2) is 13.2 Å². The van der Waals surface area contributed by atoms with Crippen LogP contribution in [-0.2, 0) is 14.6 Å². The van der Waals surface area contributed by atoms with Crippen LogP contribution in [0.4, 0.5) is 4.79 Å². The topological polar surface area (TPSA) is 63.7 Å². The molecule has 5 nitrogen and oxygen atoms in total. The molecule has 1 aliphatic heterocycles. The van der Waals surface area contributed by atoms with Gasteiger partial charge in [0.25, 0.3) is 0 Å². The molecule has 1 fully saturated rings. The molecule has 2 rings (SSSR count). The van der Waals surface area contributed by atoms with Crippen LogP contribution >= 0.6 is 0 Å². The largest absolute Gasteiger partial charge is 0.444 e. The van der Waals surface area contributed by atoms with E-state index in [1.807, 2.05) is 20.8 Å². The predicted octanol–water partition coefficient (Wildman–Crippen LogP) is 3.37. The number of sulfone groups is 1.